The van der Waals surface area contributed by atoms with Crippen LogP contribution in [0, 0.1) is 11.8 Å². The first-order chi connectivity index (χ1) is 10.0. The quantitative estimate of drug-likeness (QED) is 0.877. The van der Waals surface area contributed by atoms with Crippen molar-refractivity contribution in [2.24, 2.45) is 11.8 Å². The van der Waals surface area contributed by atoms with E-state index in [1.165, 1.54) is 0 Å². The number of nitrogens with zero attached hydrogens (tertiary/aromatic N) is 3. The molecule has 0 radical (unpaired) electrons. The van der Waals surface area contributed by atoms with E-state index in [9.17, 15) is 0 Å². The van der Waals surface area contributed by atoms with Crippen molar-refractivity contribution in [1.29, 1.82) is 0 Å². The lowest BCUT2D eigenvalue weighted by Crippen LogP contribution is -2.32. The van der Waals surface area contributed by atoms with Crippen LogP contribution in [-0.4, -0.2) is 30.1 Å². The molecule has 114 valence electrons. The third kappa shape index (κ3) is 3.84. The highest BCUT2D eigenvalue weighted by atomic mass is 15.2. The van der Waals surface area contributed by atoms with Gasteiger partial charge in [0.1, 0.15) is 5.82 Å². The summed E-state index contributed by atoms with van der Waals surface area (Å²) < 4.78 is 0. The van der Waals surface area contributed by atoms with Gasteiger partial charge in [-0.2, -0.15) is 4.98 Å². The molecule has 21 heavy (non-hydrogen) atoms. The maximum Gasteiger partial charge on any atom is 0.224 e. The molecule has 4 nitrogen and oxygen atoms in total. The normalized spacial score (nSPS) is 11.4. The van der Waals surface area contributed by atoms with Crippen LogP contribution in [0.4, 0.5) is 11.8 Å². The summed E-state index contributed by atoms with van der Waals surface area (Å²) in [7, 11) is 1.86. The maximum absolute atomic E-state index is 4.73. The highest BCUT2D eigenvalue weighted by Gasteiger charge is 2.16. The fourth-order valence-electron chi connectivity index (χ4n) is 2.54. The van der Waals surface area contributed by atoms with E-state index >= 15 is 0 Å². The first-order valence-corrected chi connectivity index (χ1v) is 7.70. The van der Waals surface area contributed by atoms with Gasteiger partial charge in [-0.25, -0.2) is 4.98 Å². The minimum Gasteiger partial charge on any atom is -0.357 e. The van der Waals surface area contributed by atoms with Gasteiger partial charge in [-0.15, -0.1) is 0 Å². The van der Waals surface area contributed by atoms with E-state index < -0.39 is 0 Å². The maximum atomic E-state index is 4.73. The number of benzene rings is 1. The summed E-state index contributed by atoms with van der Waals surface area (Å²) in [6.45, 7) is 11.0. The Bertz CT molecular complexity index is 582. The molecule has 0 bridgehead atoms. The average molecular weight is 286 g/mol. The van der Waals surface area contributed by atoms with Crippen molar-refractivity contribution >= 4 is 22.7 Å². The Balaban J connectivity index is 2.53. The zero-order valence-electron chi connectivity index (χ0n) is 13.7. The molecule has 0 saturated carbocycles. The Labute approximate surface area is 127 Å². The van der Waals surface area contributed by atoms with Crippen molar-refractivity contribution < 1.29 is 0 Å². The van der Waals surface area contributed by atoms with Crippen LogP contribution < -0.4 is 10.2 Å². The molecule has 0 atom stereocenters. The van der Waals surface area contributed by atoms with Crippen LogP contribution in [-0.2, 0) is 0 Å². The molecule has 1 heterocycles. The Morgan fingerprint density at radius 1 is 1.00 bits per heavy atom. The predicted molar refractivity (Wildman–Crippen MR) is 91.0 cm³/mol. The number of hydrogen-bond donors (Lipinski definition) is 1. The van der Waals surface area contributed by atoms with Crippen molar-refractivity contribution in [1.82, 2.24) is 9.97 Å². The van der Waals surface area contributed by atoms with Crippen LogP contribution >= 0.6 is 0 Å². The van der Waals surface area contributed by atoms with Crippen molar-refractivity contribution in [3.05, 3.63) is 24.3 Å². The molecule has 0 aliphatic heterocycles. The number of para-hydroxylation sites is 1. The Hall–Kier alpha value is -1.84. The molecule has 1 N–H and O–H groups in total. The van der Waals surface area contributed by atoms with Crippen LogP contribution in [0.1, 0.15) is 27.7 Å². The van der Waals surface area contributed by atoms with Gasteiger partial charge >= 0.3 is 0 Å². The van der Waals surface area contributed by atoms with Gasteiger partial charge < -0.3 is 10.2 Å². The summed E-state index contributed by atoms with van der Waals surface area (Å²) >= 11 is 0. The number of rotatable bonds is 6. The third-order valence-corrected chi connectivity index (χ3v) is 3.28. The molecule has 0 fully saturated rings. The Kier molecular flexibility index (Phi) is 4.99. The van der Waals surface area contributed by atoms with Gasteiger partial charge in [0.2, 0.25) is 5.95 Å². The van der Waals surface area contributed by atoms with Gasteiger partial charge in [0.15, 0.2) is 0 Å². The molecular formula is C17H26N4. The van der Waals surface area contributed by atoms with Crippen LogP contribution in [0.15, 0.2) is 24.3 Å². The fourth-order valence-corrected chi connectivity index (χ4v) is 2.54. The Morgan fingerprint density at radius 2 is 1.62 bits per heavy atom. The van der Waals surface area contributed by atoms with Gasteiger partial charge in [-0.1, -0.05) is 39.8 Å². The zero-order valence-corrected chi connectivity index (χ0v) is 13.7. The highest BCUT2D eigenvalue weighted by Crippen LogP contribution is 2.26. The van der Waals surface area contributed by atoms with Crippen LogP contribution in [0.5, 0.6) is 0 Å². The number of fused-ring (bicyclic) bond motifs is 1. The largest absolute Gasteiger partial charge is 0.357 e. The van der Waals surface area contributed by atoms with Crippen molar-refractivity contribution in [3.63, 3.8) is 0 Å². The summed E-state index contributed by atoms with van der Waals surface area (Å²) in [5, 5.41) is 4.20. The lowest BCUT2D eigenvalue weighted by Gasteiger charge is -2.28. The van der Waals surface area contributed by atoms with Gasteiger partial charge in [-0.3, -0.25) is 0 Å². The number of aromatic nitrogens is 2. The topological polar surface area (TPSA) is 41.1 Å². The fraction of sp³-hybridized carbons (Fsp3) is 0.529. The first kappa shape index (κ1) is 15.5. The number of hydrogen-bond acceptors (Lipinski definition) is 4. The summed E-state index contributed by atoms with van der Waals surface area (Å²) in [4.78, 5) is 11.7. The third-order valence-electron chi connectivity index (χ3n) is 3.28. The smallest absolute Gasteiger partial charge is 0.224 e. The van der Waals surface area contributed by atoms with E-state index in [1.807, 2.05) is 19.2 Å². The van der Waals surface area contributed by atoms with Crippen LogP contribution in [0.25, 0.3) is 10.9 Å². The molecule has 0 amide bonds. The molecule has 0 unspecified atom stereocenters. The first-order valence-electron chi connectivity index (χ1n) is 7.70. The summed E-state index contributed by atoms with van der Waals surface area (Å²) in [6, 6.07) is 8.23. The molecule has 1 aromatic heterocycles. The second-order valence-electron chi connectivity index (χ2n) is 6.33. The molecule has 0 aliphatic carbocycles. The van der Waals surface area contributed by atoms with E-state index in [2.05, 4.69) is 55.0 Å². The van der Waals surface area contributed by atoms with E-state index in [0.29, 0.717) is 17.8 Å². The van der Waals surface area contributed by atoms with E-state index in [0.717, 1.165) is 29.8 Å². The minimum absolute atomic E-state index is 0.593. The van der Waals surface area contributed by atoms with Gasteiger partial charge in [0, 0.05) is 25.5 Å². The molecule has 1 aromatic carbocycles. The zero-order chi connectivity index (χ0) is 15.4. The van der Waals surface area contributed by atoms with Gasteiger partial charge in [0.05, 0.1) is 5.52 Å². The molecule has 0 saturated heterocycles. The SMILES string of the molecule is CNc1nc(N(CC(C)C)CC(C)C)c2ccccc2n1. The molecule has 2 aromatic rings. The Morgan fingerprint density at radius 3 is 2.19 bits per heavy atom. The van der Waals surface area contributed by atoms with E-state index in [1.54, 1.807) is 0 Å². The summed E-state index contributed by atoms with van der Waals surface area (Å²) in [6.07, 6.45) is 0. The summed E-state index contributed by atoms with van der Waals surface area (Å²) in [5.74, 6) is 2.90. The van der Waals surface area contributed by atoms with Crippen molar-refractivity contribution in [3.8, 4) is 0 Å². The lowest BCUT2D eigenvalue weighted by atomic mass is 10.1. The number of anilines is 2. The van der Waals surface area contributed by atoms with Crippen molar-refractivity contribution in [2.75, 3.05) is 30.4 Å². The molecule has 2 rings (SSSR count). The monoisotopic (exact) mass is 286 g/mol. The average Bonchev–Trinajstić information content (AvgIpc) is 2.44. The van der Waals surface area contributed by atoms with Crippen LogP contribution in [0.2, 0.25) is 0 Å². The molecule has 4 heteroatoms. The van der Waals surface area contributed by atoms with Gasteiger partial charge in [-0.05, 0) is 24.0 Å². The molecule has 0 aliphatic rings. The van der Waals surface area contributed by atoms with Crippen molar-refractivity contribution in [2.45, 2.75) is 27.7 Å². The second kappa shape index (κ2) is 6.74. The standard InChI is InChI=1S/C17H26N4/c1-12(2)10-21(11-13(3)4)16-14-8-6-7-9-15(14)19-17(18-5)20-16/h6-9,12-13H,10-11H2,1-5H3,(H,18,19,20). The molecular weight excluding hydrogens is 260 g/mol. The molecule has 0 spiro atoms. The second-order valence-corrected chi connectivity index (χ2v) is 6.33. The van der Waals surface area contributed by atoms with E-state index in [-0.39, 0.29) is 0 Å². The summed E-state index contributed by atoms with van der Waals surface area (Å²) in [5.41, 5.74) is 0.990. The van der Waals surface area contributed by atoms with Crippen LogP contribution in [0.3, 0.4) is 0 Å². The van der Waals surface area contributed by atoms with Gasteiger partial charge in [0.25, 0.3) is 0 Å². The predicted octanol–water partition coefficient (Wildman–Crippen LogP) is 3.79. The lowest BCUT2D eigenvalue weighted by molar-refractivity contribution is 0.550. The van der Waals surface area contributed by atoms with E-state index in [4.69, 9.17) is 4.98 Å². The highest BCUT2D eigenvalue weighted by molar-refractivity contribution is 5.90. The number of nitrogens with one attached hydrogen (secondary N) is 1. The minimum atomic E-state index is 0.593.